The number of benzene rings is 2. The predicted octanol–water partition coefficient (Wildman–Crippen LogP) is 5.07. The SMILES string of the molecule is CCCC/C=C(\C=O)N(C)c1ccc(-c2ccc(OC)cc2)cc1. The highest BCUT2D eigenvalue weighted by Crippen LogP contribution is 2.25. The lowest BCUT2D eigenvalue weighted by atomic mass is 10.0. The monoisotopic (exact) mass is 323 g/mol. The average molecular weight is 323 g/mol. The Morgan fingerprint density at radius 2 is 1.62 bits per heavy atom. The molecule has 3 heteroatoms. The number of unbranched alkanes of at least 4 members (excludes halogenated alkanes) is 2. The molecule has 2 aromatic carbocycles. The van der Waals surface area contributed by atoms with E-state index in [2.05, 4.69) is 19.1 Å². The van der Waals surface area contributed by atoms with E-state index in [0.29, 0.717) is 5.70 Å². The number of likely N-dealkylation sites (N-methyl/N-ethyl adjacent to an activating group) is 1. The summed E-state index contributed by atoms with van der Waals surface area (Å²) in [7, 11) is 3.59. The molecule has 0 N–H and O–H groups in total. The summed E-state index contributed by atoms with van der Waals surface area (Å²) in [5.74, 6) is 0.850. The first-order valence-electron chi connectivity index (χ1n) is 8.33. The van der Waals surface area contributed by atoms with Crippen molar-refractivity contribution < 1.29 is 9.53 Å². The van der Waals surface area contributed by atoms with Crippen molar-refractivity contribution in [2.45, 2.75) is 26.2 Å². The van der Waals surface area contributed by atoms with Gasteiger partial charge in [0, 0.05) is 12.7 Å². The van der Waals surface area contributed by atoms with Crippen LogP contribution in [0.3, 0.4) is 0 Å². The number of hydrogen-bond donors (Lipinski definition) is 0. The average Bonchev–Trinajstić information content (AvgIpc) is 2.65. The molecule has 0 aliphatic rings. The van der Waals surface area contributed by atoms with Crippen molar-refractivity contribution >= 4 is 12.0 Å². The number of ether oxygens (including phenoxy) is 1. The first kappa shape index (κ1) is 17.8. The van der Waals surface area contributed by atoms with E-state index in [1.54, 1.807) is 7.11 Å². The normalized spacial score (nSPS) is 11.2. The zero-order chi connectivity index (χ0) is 17.4. The highest BCUT2D eigenvalue weighted by molar-refractivity contribution is 5.80. The highest BCUT2D eigenvalue weighted by atomic mass is 16.5. The van der Waals surface area contributed by atoms with Crippen LogP contribution in [0.2, 0.25) is 0 Å². The Kier molecular flexibility index (Phi) is 6.62. The third-order valence-corrected chi connectivity index (χ3v) is 4.10. The summed E-state index contributed by atoms with van der Waals surface area (Å²) < 4.78 is 5.19. The largest absolute Gasteiger partial charge is 0.497 e. The van der Waals surface area contributed by atoms with Crippen molar-refractivity contribution in [1.29, 1.82) is 0 Å². The van der Waals surface area contributed by atoms with Crippen LogP contribution in [0.25, 0.3) is 11.1 Å². The fourth-order valence-corrected chi connectivity index (χ4v) is 2.53. The summed E-state index contributed by atoms with van der Waals surface area (Å²) in [6.45, 7) is 2.15. The molecule has 0 aliphatic carbocycles. The Morgan fingerprint density at radius 3 is 2.12 bits per heavy atom. The van der Waals surface area contributed by atoms with E-state index in [1.807, 2.05) is 54.4 Å². The molecule has 0 heterocycles. The Hall–Kier alpha value is -2.55. The van der Waals surface area contributed by atoms with Crippen molar-refractivity contribution in [1.82, 2.24) is 0 Å². The molecule has 0 aromatic heterocycles. The number of hydrogen-bond acceptors (Lipinski definition) is 3. The number of nitrogens with zero attached hydrogens (tertiary/aromatic N) is 1. The minimum atomic E-state index is 0.709. The van der Waals surface area contributed by atoms with Gasteiger partial charge in [-0.15, -0.1) is 0 Å². The number of carbonyl (C=O) groups is 1. The summed E-state index contributed by atoms with van der Waals surface area (Å²) in [5, 5.41) is 0. The Labute approximate surface area is 144 Å². The van der Waals surface area contributed by atoms with E-state index >= 15 is 0 Å². The van der Waals surface area contributed by atoms with Crippen LogP contribution in [-0.2, 0) is 4.79 Å². The van der Waals surface area contributed by atoms with Gasteiger partial charge in [-0.1, -0.05) is 43.7 Å². The van der Waals surface area contributed by atoms with Crippen molar-refractivity contribution in [3.05, 3.63) is 60.3 Å². The van der Waals surface area contributed by atoms with Crippen LogP contribution >= 0.6 is 0 Å². The second-order valence-corrected chi connectivity index (χ2v) is 5.72. The molecule has 0 amide bonds. The molecule has 3 nitrogen and oxygen atoms in total. The van der Waals surface area contributed by atoms with Gasteiger partial charge in [0.25, 0.3) is 0 Å². The third-order valence-electron chi connectivity index (χ3n) is 4.10. The van der Waals surface area contributed by atoms with E-state index in [9.17, 15) is 4.79 Å². The Bertz CT molecular complexity index is 672. The fourth-order valence-electron chi connectivity index (χ4n) is 2.53. The fraction of sp³-hybridized carbons (Fsp3) is 0.286. The van der Waals surface area contributed by atoms with E-state index in [-0.39, 0.29) is 0 Å². The summed E-state index contributed by atoms with van der Waals surface area (Å²) in [6, 6.07) is 16.2. The third kappa shape index (κ3) is 4.48. The zero-order valence-corrected chi connectivity index (χ0v) is 14.7. The number of anilines is 1. The van der Waals surface area contributed by atoms with Gasteiger partial charge in [-0.05, 0) is 48.2 Å². The van der Waals surface area contributed by atoms with Gasteiger partial charge < -0.3 is 9.64 Å². The molecule has 0 saturated carbocycles. The van der Waals surface area contributed by atoms with E-state index < -0.39 is 0 Å². The molecular weight excluding hydrogens is 298 g/mol. The summed E-state index contributed by atoms with van der Waals surface area (Å²) in [4.78, 5) is 13.3. The molecule has 2 rings (SSSR count). The summed E-state index contributed by atoms with van der Waals surface area (Å²) >= 11 is 0. The minimum absolute atomic E-state index is 0.709. The lowest BCUT2D eigenvalue weighted by Gasteiger charge is -2.19. The second kappa shape index (κ2) is 8.92. The van der Waals surface area contributed by atoms with Gasteiger partial charge in [-0.25, -0.2) is 0 Å². The number of aldehydes is 1. The van der Waals surface area contributed by atoms with Gasteiger partial charge in [0.1, 0.15) is 5.75 Å². The van der Waals surface area contributed by atoms with Crippen LogP contribution in [-0.4, -0.2) is 20.4 Å². The maximum Gasteiger partial charge on any atom is 0.166 e. The van der Waals surface area contributed by atoms with Gasteiger partial charge in [0.15, 0.2) is 6.29 Å². The van der Waals surface area contributed by atoms with Crippen LogP contribution in [0.5, 0.6) is 5.75 Å². The van der Waals surface area contributed by atoms with E-state index in [0.717, 1.165) is 48.1 Å². The van der Waals surface area contributed by atoms with Crippen LogP contribution in [0.4, 0.5) is 5.69 Å². The number of methoxy groups -OCH3 is 1. The number of carbonyl (C=O) groups excluding carboxylic acids is 1. The maximum atomic E-state index is 11.3. The Balaban J connectivity index is 2.15. The molecule has 126 valence electrons. The molecule has 0 saturated heterocycles. The van der Waals surface area contributed by atoms with Gasteiger partial charge in [-0.2, -0.15) is 0 Å². The molecule has 0 atom stereocenters. The molecule has 0 fully saturated rings. The first-order chi connectivity index (χ1) is 11.7. The quantitative estimate of drug-likeness (QED) is 0.386. The van der Waals surface area contributed by atoms with E-state index in [4.69, 9.17) is 4.74 Å². The van der Waals surface area contributed by atoms with Crippen LogP contribution < -0.4 is 9.64 Å². The standard InChI is InChI=1S/C21H25NO2/c1-4-5-6-7-20(16-23)22(2)19-12-8-17(9-13-19)18-10-14-21(24-3)15-11-18/h7-16H,4-6H2,1-3H3/b20-7+. The maximum absolute atomic E-state index is 11.3. The topological polar surface area (TPSA) is 29.5 Å². The molecule has 0 bridgehead atoms. The number of rotatable bonds is 8. The van der Waals surface area contributed by atoms with E-state index in [1.165, 1.54) is 0 Å². The van der Waals surface area contributed by atoms with Gasteiger partial charge in [0.05, 0.1) is 12.8 Å². The lowest BCUT2D eigenvalue weighted by molar-refractivity contribution is -0.105. The minimum Gasteiger partial charge on any atom is -0.497 e. The zero-order valence-electron chi connectivity index (χ0n) is 14.7. The smallest absolute Gasteiger partial charge is 0.166 e. The molecule has 0 unspecified atom stereocenters. The van der Waals surface area contributed by atoms with Gasteiger partial charge >= 0.3 is 0 Å². The summed E-state index contributed by atoms with van der Waals surface area (Å²) in [6.07, 6.45) is 6.09. The number of allylic oxidation sites excluding steroid dienone is 2. The molecule has 24 heavy (non-hydrogen) atoms. The lowest BCUT2D eigenvalue weighted by Crippen LogP contribution is -2.17. The predicted molar refractivity (Wildman–Crippen MR) is 101 cm³/mol. The highest BCUT2D eigenvalue weighted by Gasteiger charge is 2.07. The van der Waals surface area contributed by atoms with Crippen molar-refractivity contribution in [2.24, 2.45) is 0 Å². The van der Waals surface area contributed by atoms with Gasteiger partial charge in [-0.3, -0.25) is 4.79 Å². The van der Waals surface area contributed by atoms with Gasteiger partial charge in [0.2, 0.25) is 0 Å². The summed E-state index contributed by atoms with van der Waals surface area (Å²) in [5.41, 5.74) is 3.99. The first-order valence-corrected chi connectivity index (χ1v) is 8.33. The molecule has 2 aromatic rings. The molecule has 0 radical (unpaired) electrons. The van der Waals surface area contributed by atoms with Crippen LogP contribution in [0.1, 0.15) is 26.2 Å². The van der Waals surface area contributed by atoms with Crippen LogP contribution in [0.15, 0.2) is 60.3 Å². The van der Waals surface area contributed by atoms with Crippen molar-refractivity contribution in [2.75, 3.05) is 19.1 Å². The second-order valence-electron chi connectivity index (χ2n) is 5.72. The molecular formula is C21H25NO2. The molecule has 0 aliphatic heterocycles. The van der Waals surface area contributed by atoms with Crippen molar-refractivity contribution in [3.8, 4) is 16.9 Å². The van der Waals surface area contributed by atoms with Crippen LogP contribution in [0, 0.1) is 0 Å². The molecule has 0 spiro atoms. The van der Waals surface area contributed by atoms with Crippen molar-refractivity contribution in [3.63, 3.8) is 0 Å². The Morgan fingerprint density at radius 1 is 1.04 bits per heavy atom.